The van der Waals surface area contributed by atoms with Crippen molar-refractivity contribution in [3.63, 3.8) is 0 Å². The number of hydrogen-bond donors (Lipinski definition) is 1. The van der Waals surface area contributed by atoms with Crippen molar-refractivity contribution in [2.24, 2.45) is 11.8 Å². The molecule has 0 radical (unpaired) electrons. The second-order valence-electron chi connectivity index (χ2n) is 6.65. The molecule has 0 aromatic heterocycles. The van der Waals surface area contributed by atoms with Crippen LogP contribution < -0.4 is 5.32 Å². The van der Waals surface area contributed by atoms with E-state index in [4.69, 9.17) is 0 Å². The molecule has 0 saturated heterocycles. The van der Waals surface area contributed by atoms with E-state index in [0.717, 1.165) is 23.9 Å². The van der Waals surface area contributed by atoms with Crippen LogP contribution in [-0.2, 0) is 0 Å². The maximum atomic E-state index is 3.80. The van der Waals surface area contributed by atoms with Gasteiger partial charge in [-0.25, -0.2) is 0 Å². The molecule has 3 unspecified atom stereocenters. The topological polar surface area (TPSA) is 15.3 Å². The summed E-state index contributed by atoms with van der Waals surface area (Å²) in [5.41, 5.74) is 0. The van der Waals surface area contributed by atoms with Crippen LogP contribution in [-0.4, -0.2) is 37.1 Å². The molecule has 1 N–H and O–H groups in total. The summed E-state index contributed by atoms with van der Waals surface area (Å²) < 4.78 is 0. The van der Waals surface area contributed by atoms with Crippen LogP contribution in [0.1, 0.15) is 66.2 Å². The molecule has 0 spiro atoms. The smallest absolute Gasteiger partial charge is 0.0108 e. The Hall–Kier alpha value is -0.0800. The summed E-state index contributed by atoms with van der Waals surface area (Å²) in [5.74, 6) is 1.76. The average molecular weight is 268 g/mol. The second-order valence-corrected chi connectivity index (χ2v) is 6.65. The highest BCUT2D eigenvalue weighted by Crippen LogP contribution is 2.30. The van der Waals surface area contributed by atoms with Crippen molar-refractivity contribution in [1.82, 2.24) is 10.2 Å². The largest absolute Gasteiger partial charge is 0.314 e. The lowest BCUT2D eigenvalue weighted by Gasteiger charge is -2.39. The van der Waals surface area contributed by atoms with Gasteiger partial charge < -0.3 is 10.2 Å². The Morgan fingerprint density at radius 3 is 2.42 bits per heavy atom. The SMILES string of the molecule is CCCNC1CCC(C)CC1CN(C)C(CC)CC. The molecule has 1 aliphatic carbocycles. The van der Waals surface area contributed by atoms with Crippen molar-refractivity contribution in [3.05, 3.63) is 0 Å². The molecule has 0 amide bonds. The van der Waals surface area contributed by atoms with Crippen LogP contribution in [0.2, 0.25) is 0 Å². The third-order valence-corrected chi connectivity index (χ3v) is 4.99. The molecule has 1 aliphatic rings. The standard InChI is InChI=1S/C17H36N2/c1-6-11-18-17-10-9-14(4)12-15(17)13-19(5)16(7-2)8-3/h14-18H,6-13H2,1-5H3. The molecular weight excluding hydrogens is 232 g/mol. The highest BCUT2D eigenvalue weighted by atomic mass is 15.1. The van der Waals surface area contributed by atoms with Gasteiger partial charge in [-0.2, -0.15) is 0 Å². The molecule has 2 nitrogen and oxygen atoms in total. The van der Waals surface area contributed by atoms with Gasteiger partial charge in [0.25, 0.3) is 0 Å². The van der Waals surface area contributed by atoms with Crippen molar-refractivity contribution in [3.8, 4) is 0 Å². The summed E-state index contributed by atoms with van der Waals surface area (Å²) in [4.78, 5) is 2.61. The second kappa shape index (κ2) is 8.97. The summed E-state index contributed by atoms with van der Waals surface area (Å²) in [5, 5.41) is 3.80. The van der Waals surface area contributed by atoms with Crippen LogP contribution in [0.3, 0.4) is 0 Å². The first-order valence-corrected chi connectivity index (χ1v) is 8.55. The molecule has 0 aromatic carbocycles. The van der Waals surface area contributed by atoms with Gasteiger partial charge in [0.05, 0.1) is 0 Å². The van der Waals surface area contributed by atoms with Crippen LogP contribution in [0.15, 0.2) is 0 Å². The summed E-state index contributed by atoms with van der Waals surface area (Å²) >= 11 is 0. The number of rotatable bonds is 8. The molecule has 0 aliphatic heterocycles. The molecule has 0 aromatic rings. The summed E-state index contributed by atoms with van der Waals surface area (Å²) in [6.45, 7) is 11.8. The molecule has 1 fully saturated rings. The molecule has 2 heteroatoms. The van der Waals surface area contributed by atoms with Gasteiger partial charge in [0.15, 0.2) is 0 Å². The summed E-state index contributed by atoms with van der Waals surface area (Å²) in [7, 11) is 2.33. The number of hydrogen-bond acceptors (Lipinski definition) is 2. The van der Waals surface area contributed by atoms with E-state index in [-0.39, 0.29) is 0 Å². The fourth-order valence-corrected chi connectivity index (χ4v) is 3.73. The lowest BCUT2D eigenvalue weighted by Crippen LogP contribution is -2.46. The highest BCUT2D eigenvalue weighted by Gasteiger charge is 2.29. The molecule has 1 rings (SSSR count). The molecule has 1 saturated carbocycles. The summed E-state index contributed by atoms with van der Waals surface area (Å²) in [6, 6.07) is 1.53. The van der Waals surface area contributed by atoms with E-state index in [1.165, 1.54) is 51.6 Å². The van der Waals surface area contributed by atoms with E-state index >= 15 is 0 Å². The Morgan fingerprint density at radius 1 is 1.16 bits per heavy atom. The van der Waals surface area contributed by atoms with Gasteiger partial charge in [-0.15, -0.1) is 0 Å². The molecule has 0 heterocycles. The van der Waals surface area contributed by atoms with Crippen LogP contribution in [0, 0.1) is 11.8 Å². The zero-order valence-electron chi connectivity index (χ0n) is 13.9. The fourth-order valence-electron chi connectivity index (χ4n) is 3.73. The minimum absolute atomic E-state index is 0.757. The maximum Gasteiger partial charge on any atom is 0.0108 e. The first-order valence-electron chi connectivity index (χ1n) is 8.55. The number of nitrogens with one attached hydrogen (secondary N) is 1. The first-order chi connectivity index (χ1) is 9.12. The van der Waals surface area contributed by atoms with Crippen molar-refractivity contribution in [1.29, 1.82) is 0 Å². The Labute approximate surface area is 121 Å². The quantitative estimate of drug-likeness (QED) is 0.718. The third-order valence-electron chi connectivity index (χ3n) is 4.99. The Balaban J connectivity index is 2.53. The normalized spacial score (nSPS) is 28.3. The molecule has 0 bridgehead atoms. The van der Waals surface area contributed by atoms with Gasteiger partial charge in [0.2, 0.25) is 0 Å². The monoisotopic (exact) mass is 268 g/mol. The Bertz CT molecular complexity index is 223. The Morgan fingerprint density at radius 2 is 1.84 bits per heavy atom. The van der Waals surface area contributed by atoms with Gasteiger partial charge >= 0.3 is 0 Å². The predicted octanol–water partition coefficient (Wildman–Crippen LogP) is 3.91. The first kappa shape index (κ1) is 17.0. The number of nitrogens with zero attached hydrogens (tertiary/aromatic N) is 1. The average Bonchev–Trinajstić information content (AvgIpc) is 2.39. The van der Waals surface area contributed by atoms with E-state index in [0.29, 0.717) is 0 Å². The van der Waals surface area contributed by atoms with Crippen molar-refractivity contribution < 1.29 is 0 Å². The zero-order valence-corrected chi connectivity index (χ0v) is 13.9. The van der Waals surface area contributed by atoms with Crippen molar-refractivity contribution >= 4 is 0 Å². The van der Waals surface area contributed by atoms with Crippen LogP contribution in [0.25, 0.3) is 0 Å². The maximum absolute atomic E-state index is 3.80. The van der Waals surface area contributed by atoms with Gasteiger partial charge in [-0.1, -0.05) is 27.7 Å². The highest BCUT2D eigenvalue weighted by molar-refractivity contribution is 4.86. The molecular formula is C17H36N2. The minimum Gasteiger partial charge on any atom is -0.314 e. The lowest BCUT2D eigenvalue weighted by atomic mass is 9.78. The Kier molecular flexibility index (Phi) is 8.01. The van der Waals surface area contributed by atoms with Gasteiger partial charge in [0.1, 0.15) is 0 Å². The van der Waals surface area contributed by atoms with Crippen LogP contribution in [0.4, 0.5) is 0 Å². The van der Waals surface area contributed by atoms with E-state index in [9.17, 15) is 0 Å². The summed E-state index contributed by atoms with van der Waals surface area (Å²) in [6.07, 6.45) is 8.01. The van der Waals surface area contributed by atoms with Crippen molar-refractivity contribution in [2.45, 2.75) is 78.3 Å². The predicted molar refractivity (Wildman–Crippen MR) is 85.6 cm³/mol. The van der Waals surface area contributed by atoms with Crippen LogP contribution in [0.5, 0.6) is 0 Å². The minimum atomic E-state index is 0.757. The third kappa shape index (κ3) is 5.43. The van der Waals surface area contributed by atoms with E-state index < -0.39 is 0 Å². The van der Waals surface area contributed by atoms with E-state index in [1.54, 1.807) is 0 Å². The zero-order chi connectivity index (χ0) is 14.3. The van der Waals surface area contributed by atoms with Gasteiger partial charge in [-0.3, -0.25) is 0 Å². The van der Waals surface area contributed by atoms with Gasteiger partial charge in [0, 0.05) is 18.6 Å². The van der Waals surface area contributed by atoms with E-state index in [1.807, 2.05) is 0 Å². The molecule has 3 atom stereocenters. The fraction of sp³-hybridized carbons (Fsp3) is 1.00. The van der Waals surface area contributed by atoms with E-state index in [2.05, 4.69) is 45.0 Å². The lowest BCUT2D eigenvalue weighted by molar-refractivity contribution is 0.130. The van der Waals surface area contributed by atoms with Gasteiger partial charge in [-0.05, 0) is 64.0 Å². The van der Waals surface area contributed by atoms with Crippen molar-refractivity contribution in [2.75, 3.05) is 20.1 Å². The molecule has 114 valence electrons. The van der Waals surface area contributed by atoms with Crippen LogP contribution >= 0.6 is 0 Å². The molecule has 19 heavy (non-hydrogen) atoms.